The fourth-order valence-corrected chi connectivity index (χ4v) is 2.60. The van der Waals surface area contributed by atoms with Crippen molar-refractivity contribution in [1.82, 2.24) is 0 Å². The molecule has 2 rings (SSSR count). The molecule has 1 N–H and O–H groups in total. The molecule has 2 heteroatoms. The minimum atomic E-state index is 0.227. The first-order chi connectivity index (χ1) is 8.99. The number of hydrogen-bond donors (Lipinski definition) is 1. The molecule has 0 saturated carbocycles. The van der Waals surface area contributed by atoms with Crippen LogP contribution in [-0.4, -0.2) is 18.8 Å². The van der Waals surface area contributed by atoms with Gasteiger partial charge in [0.25, 0.3) is 0 Å². The average Bonchev–Trinajstić information content (AvgIpc) is 2.38. The predicted octanol–water partition coefficient (Wildman–Crippen LogP) is 4.35. The Hall–Kier alpha value is -1.02. The van der Waals surface area contributed by atoms with Crippen LogP contribution in [0, 0.1) is 0 Å². The molecular formula is C17H27NO. The molecule has 0 aliphatic carbocycles. The molecule has 2 atom stereocenters. The Bertz CT molecular complexity index is 391. The summed E-state index contributed by atoms with van der Waals surface area (Å²) < 4.78 is 5.72. The van der Waals surface area contributed by atoms with Gasteiger partial charge in [-0.25, -0.2) is 0 Å². The van der Waals surface area contributed by atoms with Gasteiger partial charge >= 0.3 is 0 Å². The van der Waals surface area contributed by atoms with Crippen LogP contribution >= 0.6 is 0 Å². The van der Waals surface area contributed by atoms with Crippen molar-refractivity contribution in [3.8, 4) is 0 Å². The van der Waals surface area contributed by atoms with Crippen molar-refractivity contribution >= 4 is 5.69 Å². The van der Waals surface area contributed by atoms with Gasteiger partial charge in [-0.2, -0.15) is 0 Å². The molecule has 1 saturated heterocycles. The predicted molar refractivity (Wildman–Crippen MR) is 81.8 cm³/mol. The molecule has 0 spiro atoms. The second-order valence-corrected chi connectivity index (χ2v) is 6.59. The smallest absolute Gasteiger partial charge is 0.0592 e. The summed E-state index contributed by atoms with van der Waals surface area (Å²) in [4.78, 5) is 0. The highest BCUT2D eigenvalue weighted by Gasteiger charge is 2.21. The lowest BCUT2D eigenvalue weighted by Crippen LogP contribution is -2.33. The van der Waals surface area contributed by atoms with Crippen molar-refractivity contribution in [3.63, 3.8) is 0 Å². The largest absolute Gasteiger partial charge is 0.382 e. The van der Waals surface area contributed by atoms with Gasteiger partial charge in [-0.3, -0.25) is 0 Å². The minimum Gasteiger partial charge on any atom is -0.382 e. The summed E-state index contributed by atoms with van der Waals surface area (Å²) in [6.07, 6.45) is 3.77. The summed E-state index contributed by atoms with van der Waals surface area (Å²) >= 11 is 0. The Morgan fingerprint density at radius 3 is 2.47 bits per heavy atom. The van der Waals surface area contributed by atoms with Crippen LogP contribution in [0.3, 0.4) is 0 Å². The minimum absolute atomic E-state index is 0.227. The van der Waals surface area contributed by atoms with Crippen molar-refractivity contribution in [1.29, 1.82) is 0 Å². The van der Waals surface area contributed by atoms with Crippen molar-refractivity contribution in [2.75, 3.05) is 11.9 Å². The number of nitrogens with one attached hydrogen (secondary N) is 1. The van der Waals surface area contributed by atoms with E-state index >= 15 is 0 Å². The van der Waals surface area contributed by atoms with Crippen molar-refractivity contribution in [3.05, 3.63) is 29.8 Å². The van der Waals surface area contributed by atoms with E-state index in [2.05, 4.69) is 57.3 Å². The van der Waals surface area contributed by atoms with Gasteiger partial charge in [0.15, 0.2) is 0 Å². The molecule has 0 bridgehead atoms. The molecular weight excluding hydrogens is 234 g/mol. The summed E-state index contributed by atoms with van der Waals surface area (Å²) in [6.45, 7) is 9.83. The lowest BCUT2D eigenvalue weighted by Gasteiger charge is -2.30. The van der Waals surface area contributed by atoms with Crippen LogP contribution in [0.15, 0.2) is 24.3 Å². The highest BCUT2D eigenvalue weighted by atomic mass is 16.5. The zero-order valence-corrected chi connectivity index (χ0v) is 12.7. The zero-order chi connectivity index (χ0) is 13.9. The number of rotatable bonds is 3. The summed E-state index contributed by atoms with van der Waals surface area (Å²) in [5.41, 5.74) is 2.84. The van der Waals surface area contributed by atoms with Crippen molar-refractivity contribution < 1.29 is 4.74 Å². The van der Waals surface area contributed by atoms with E-state index in [0.29, 0.717) is 12.1 Å². The second-order valence-electron chi connectivity index (χ2n) is 6.59. The fraction of sp³-hybridized carbons (Fsp3) is 0.647. The van der Waals surface area contributed by atoms with Crippen LogP contribution in [0.2, 0.25) is 0 Å². The normalized spacial score (nSPS) is 24.2. The molecule has 1 fully saturated rings. The maximum Gasteiger partial charge on any atom is 0.0592 e. The molecule has 1 aromatic rings. The van der Waals surface area contributed by atoms with Crippen LogP contribution in [0.25, 0.3) is 0 Å². The van der Waals surface area contributed by atoms with Gasteiger partial charge in [0.2, 0.25) is 0 Å². The third-order valence-electron chi connectivity index (χ3n) is 3.94. The number of hydrogen-bond acceptors (Lipinski definition) is 2. The quantitative estimate of drug-likeness (QED) is 0.873. The maximum atomic E-state index is 5.72. The number of anilines is 1. The van der Waals surface area contributed by atoms with E-state index in [9.17, 15) is 0 Å². The van der Waals surface area contributed by atoms with Crippen molar-refractivity contribution in [2.24, 2.45) is 0 Å². The Kier molecular flexibility index (Phi) is 4.51. The van der Waals surface area contributed by atoms with Crippen LogP contribution < -0.4 is 5.32 Å². The molecule has 19 heavy (non-hydrogen) atoms. The first-order valence-corrected chi connectivity index (χ1v) is 7.47. The Labute approximate surface area is 117 Å². The van der Waals surface area contributed by atoms with Crippen LogP contribution in [0.1, 0.15) is 52.5 Å². The molecule has 1 aromatic carbocycles. The Morgan fingerprint density at radius 1 is 1.21 bits per heavy atom. The molecule has 2 nitrogen and oxygen atoms in total. The third-order valence-corrected chi connectivity index (χ3v) is 3.94. The van der Waals surface area contributed by atoms with Gasteiger partial charge in [0.05, 0.1) is 6.10 Å². The molecule has 1 aliphatic heterocycles. The number of ether oxygens (including phenoxy) is 1. The molecule has 1 heterocycles. The summed E-state index contributed by atoms with van der Waals surface area (Å²) in [7, 11) is 0. The molecule has 0 aromatic heterocycles. The Morgan fingerprint density at radius 2 is 1.89 bits per heavy atom. The number of benzene rings is 1. The summed E-state index contributed by atoms with van der Waals surface area (Å²) in [5, 5.41) is 3.64. The molecule has 0 amide bonds. The third kappa shape index (κ3) is 3.97. The lowest BCUT2D eigenvalue weighted by molar-refractivity contribution is 0.00926. The summed E-state index contributed by atoms with van der Waals surface area (Å²) in [5.74, 6) is 0. The average molecular weight is 261 g/mol. The molecule has 1 aliphatic rings. The standard InChI is InChI=1S/C17H27NO/c1-5-16-12-15(10-11-19-16)18-14-8-6-13(7-9-14)17(2,3)4/h6-9,15-16,18H,5,10-12H2,1-4H3. The molecule has 2 unspecified atom stereocenters. The van der Waals surface area contributed by atoms with E-state index in [1.165, 1.54) is 11.3 Å². The first kappa shape index (κ1) is 14.4. The fourth-order valence-electron chi connectivity index (χ4n) is 2.60. The van der Waals surface area contributed by atoms with Gasteiger partial charge in [-0.05, 0) is 42.4 Å². The van der Waals surface area contributed by atoms with E-state index in [0.717, 1.165) is 25.9 Å². The topological polar surface area (TPSA) is 21.3 Å². The van der Waals surface area contributed by atoms with Gasteiger partial charge in [-0.1, -0.05) is 39.8 Å². The maximum absolute atomic E-state index is 5.72. The first-order valence-electron chi connectivity index (χ1n) is 7.47. The zero-order valence-electron chi connectivity index (χ0n) is 12.7. The Balaban J connectivity index is 1.96. The van der Waals surface area contributed by atoms with Gasteiger partial charge < -0.3 is 10.1 Å². The van der Waals surface area contributed by atoms with Gasteiger partial charge in [0, 0.05) is 18.3 Å². The molecule has 0 radical (unpaired) electrons. The SMILES string of the molecule is CCC1CC(Nc2ccc(C(C)(C)C)cc2)CCO1. The lowest BCUT2D eigenvalue weighted by atomic mass is 9.87. The van der Waals surface area contributed by atoms with Crippen LogP contribution in [0.5, 0.6) is 0 Å². The van der Waals surface area contributed by atoms with E-state index in [1.807, 2.05) is 0 Å². The molecule has 106 valence electrons. The van der Waals surface area contributed by atoms with E-state index in [-0.39, 0.29) is 5.41 Å². The highest BCUT2D eigenvalue weighted by Crippen LogP contribution is 2.25. The van der Waals surface area contributed by atoms with Crippen LogP contribution in [0.4, 0.5) is 5.69 Å². The van der Waals surface area contributed by atoms with Crippen LogP contribution in [-0.2, 0) is 10.2 Å². The van der Waals surface area contributed by atoms with Crippen molar-refractivity contribution in [2.45, 2.75) is 64.5 Å². The van der Waals surface area contributed by atoms with Gasteiger partial charge in [0.1, 0.15) is 0 Å². The van der Waals surface area contributed by atoms with E-state index in [1.54, 1.807) is 0 Å². The van der Waals surface area contributed by atoms with E-state index in [4.69, 9.17) is 4.74 Å². The van der Waals surface area contributed by atoms with Gasteiger partial charge in [-0.15, -0.1) is 0 Å². The summed E-state index contributed by atoms with van der Waals surface area (Å²) in [6, 6.07) is 9.44. The second kappa shape index (κ2) is 5.96. The highest BCUT2D eigenvalue weighted by molar-refractivity contribution is 5.46. The monoisotopic (exact) mass is 261 g/mol. The van der Waals surface area contributed by atoms with E-state index < -0.39 is 0 Å².